The van der Waals surface area contributed by atoms with Gasteiger partial charge in [-0.05, 0) is 24.3 Å². The molecule has 0 aliphatic rings. The topological polar surface area (TPSA) is 76.3 Å². The molecule has 0 radical (unpaired) electrons. The van der Waals surface area contributed by atoms with E-state index >= 15 is 0 Å². The van der Waals surface area contributed by atoms with Crippen molar-refractivity contribution in [2.75, 3.05) is 7.05 Å². The minimum atomic E-state index is -0.589. The van der Waals surface area contributed by atoms with Crippen LogP contribution in [0.15, 0.2) is 42.6 Å². The van der Waals surface area contributed by atoms with E-state index in [-0.39, 0.29) is 16.6 Å². The van der Waals surface area contributed by atoms with Crippen LogP contribution in [0.5, 0.6) is 0 Å². The van der Waals surface area contributed by atoms with Crippen molar-refractivity contribution < 1.29 is 9.72 Å². The molecule has 108 valence electrons. The maximum atomic E-state index is 12.3. The Morgan fingerprint density at radius 1 is 1.38 bits per heavy atom. The fraction of sp³-hybridized carbons (Fsp3) is 0.143. The molecule has 0 aliphatic heterocycles. The number of nitro benzene ring substituents is 1. The van der Waals surface area contributed by atoms with Gasteiger partial charge in [-0.3, -0.25) is 19.9 Å². The van der Waals surface area contributed by atoms with Crippen LogP contribution in [-0.4, -0.2) is 27.8 Å². The molecule has 1 aromatic heterocycles. The highest BCUT2D eigenvalue weighted by Gasteiger charge is 2.17. The lowest BCUT2D eigenvalue weighted by Crippen LogP contribution is -2.26. The number of nitrogens with zero attached hydrogens (tertiary/aromatic N) is 3. The van der Waals surface area contributed by atoms with E-state index in [2.05, 4.69) is 4.98 Å². The number of rotatable bonds is 4. The van der Waals surface area contributed by atoms with E-state index in [1.165, 1.54) is 23.1 Å². The summed E-state index contributed by atoms with van der Waals surface area (Å²) in [4.78, 5) is 28.0. The lowest BCUT2D eigenvalue weighted by Gasteiger charge is -2.16. The van der Waals surface area contributed by atoms with Crippen molar-refractivity contribution in [1.82, 2.24) is 9.88 Å². The van der Waals surface area contributed by atoms with Gasteiger partial charge in [-0.15, -0.1) is 0 Å². The van der Waals surface area contributed by atoms with Crippen LogP contribution in [-0.2, 0) is 6.54 Å². The summed E-state index contributed by atoms with van der Waals surface area (Å²) in [6.45, 7) is 0.342. The van der Waals surface area contributed by atoms with E-state index in [0.29, 0.717) is 12.1 Å². The van der Waals surface area contributed by atoms with Crippen molar-refractivity contribution in [2.24, 2.45) is 0 Å². The summed E-state index contributed by atoms with van der Waals surface area (Å²) in [6, 6.07) is 9.36. The van der Waals surface area contributed by atoms with Gasteiger partial charge in [0.1, 0.15) is 5.02 Å². The Labute approximate surface area is 126 Å². The molecule has 0 spiro atoms. The molecule has 0 aliphatic carbocycles. The monoisotopic (exact) mass is 305 g/mol. The lowest BCUT2D eigenvalue weighted by atomic mass is 10.2. The van der Waals surface area contributed by atoms with Crippen LogP contribution in [0.3, 0.4) is 0 Å². The maximum Gasteiger partial charge on any atom is 0.287 e. The number of amides is 1. The largest absolute Gasteiger partial charge is 0.336 e. The van der Waals surface area contributed by atoms with E-state index < -0.39 is 4.92 Å². The Kier molecular flexibility index (Phi) is 4.49. The molecule has 2 rings (SSSR count). The molecule has 0 bridgehead atoms. The molecule has 1 amide bonds. The van der Waals surface area contributed by atoms with Crippen LogP contribution in [0.1, 0.15) is 16.1 Å². The zero-order valence-corrected chi connectivity index (χ0v) is 11.9. The third-order valence-electron chi connectivity index (χ3n) is 2.86. The summed E-state index contributed by atoms with van der Waals surface area (Å²) in [7, 11) is 1.63. The predicted molar refractivity (Wildman–Crippen MR) is 78.1 cm³/mol. The summed E-state index contributed by atoms with van der Waals surface area (Å²) in [5, 5.41) is 10.6. The van der Waals surface area contributed by atoms with Gasteiger partial charge in [0.15, 0.2) is 0 Å². The van der Waals surface area contributed by atoms with Gasteiger partial charge in [0.25, 0.3) is 11.6 Å². The van der Waals surface area contributed by atoms with Gasteiger partial charge in [-0.1, -0.05) is 17.7 Å². The fourth-order valence-corrected chi connectivity index (χ4v) is 2.06. The Morgan fingerprint density at radius 3 is 2.71 bits per heavy atom. The number of aromatic nitrogens is 1. The molecule has 0 saturated heterocycles. The highest BCUT2D eigenvalue weighted by Crippen LogP contribution is 2.25. The molecule has 0 atom stereocenters. The van der Waals surface area contributed by atoms with Gasteiger partial charge >= 0.3 is 0 Å². The predicted octanol–water partition coefficient (Wildman–Crippen LogP) is 2.92. The molecule has 2 aromatic rings. The molecule has 0 fully saturated rings. The standard InChI is InChI=1S/C14H12ClN3O3/c1-17(9-11-4-2-3-7-16-11)14(19)10-5-6-13(18(20)21)12(15)8-10/h2-8H,9H2,1H3. The van der Waals surface area contributed by atoms with Crippen molar-refractivity contribution in [3.63, 3.8) is 0 Å². The van der Waals surface area contributed by atoms with E-state index in [0.717, 1.165) is 5.69 Å². The Balaban J connectivity index is 2.16. The molecule has 6 nitrogen and oxygen atoms in total. The van der Waals surface area contributed by atoms with Crippen LogP contribution in [0.2, 0.25) is 5.02 Å². The number of carbonyl (C=O) groups is 1. The molecule has 0 saturated carbocycles. The first-order valence-electron chi connectivity index (χ1n) is 6.08. The maximum absolute atomic E-state index is 12.3. The molecule has 21 heavy (non-hydrogen) atoms. The molecular formula is C14H12ClN3O3. The van der Waals surface area contributed by atoms with Crippen molar-refractivity contribution in [2.45, 2.75) is 6.54 Å². The van der Waals surface area contributed by atoms with E-state index in [1.54, 1.807) is 19.3 Å². The summed E-state index contributed by atoms with van der Waals surface area (Å²) in [5.41, 5.74) is 0.825. The minimum absolute atomic E-state index is 0.0583. The second kappa shape index (κ2) is 6.32. The highest BCUT2D eigenvalue weighted by molar-refractivity contribution is 6.33. The van der Waals surface area contributed by atoms with Crippen molar-refractivity contribution in [3.05, 3.63) is 69.0 Å². The van der Waals surface area contributed by atoms with E-state index in [4.69, 9.17) is 11.6 Å². The average molecular weight is 306 g/mol. The Hall–Kier alpha value is -2.47. The van der Waals surface area contributed by atoms with Crippen molar-refractivity contribution in [1.29, 1.82) is 0 Å². The first-order chi connectivity index (χ1) is 9.99. The second-order valence-electron chi connectivity index (χ2n) is 4.41. The average Bonchev–Trinajstić information content (AvgIpc) is 2.47. The van der Waals surface area contributed by atoms with Crippen molar-refractivity contribution >= 4 is 23.2 Å². The summed E-state index contributed by atoms with van der Waals surface area (Å²) in [6.07, 6.45) is 1.65. The van der Waals surface area contributed by atoms with Gasteiger partial charge in [0.05, 0.1) is 17.2 Å². The number of halogens is 1. The molecule has 1 heterocycles. The van der Waals surface area contributed by atoms with Crippen LogP contribution < -0.4 is 0 Å². The number of hydrogen-bond donors (Lipinski definition) is 0. The zero-order chi connectivity index (χ0) is 15.4. The smallest absolute Gasteiger partial charge is 0.287 e. The van der Waals surface area contributed by atoms with Crippen LogP contribution in [0, 0.1) is 10.1 Å². The van der Waals surface area contributed by atoms with Crippen LogP contribution >= 0.6 is 11.6 Å². The first-order valence-corrected chi connectivity index (χ1v) is 6.46. The highest BCUT2D eigenvalue weighted by atomic mass is 35.5. The Morgan fingerprint density at radius 2 is 2.14 bits per heavy atom. The zero-order valence-electron chi connectivity index (χ0n) is 11.2. The third kappa shape index (κ3) is 3.55. The third-order valence-corrected chi connectivity index (χ3v) is 3.17. The summed E-state index contributed by atoms with van der Waals surface area (Å²) >= 11 is 5.81. The van der Waals surface area contributed by atoms with Crippen LogP contribution in [0.25, 0.3) is 0 Å². The van der Waals surface area contributed by atoms with Gasteiger partial charge in [-0.2, -0.15) is 0 Å². The lowest BCUT2D eigenvalue weighted by molar-refractivity contribution is -0.384. The number of hydrogen-bond acceptors (Lipinski definition) is 4. The molecule has 1 aromatic carbocycles. The summed E-state index contributed by atoms with van der Waals surface area (Å²) < 4.78 is 0. The summed E-state index contributed by atoms with van der Waals surface area (Å²) in [5.74, 6) is -0.280. The number of carbonyl (C=O) groups excluding carboxylic acids is 1. The SMILES string of the molecule is CN(Cc1ccccn1)C(=O)c1ccc([N+](=O)[O-])c(Cl)c1. The van der Waals surface area contributed by atoms with E-state index in [1.807, 2.05) is 12.1 Å². The van der Waals surface area contributed by atoms with Gasteiger partial charge < -0.3 is 4.90 Å². The van der Waals surface area contributed by atoms with Gasteiger partial charge in [0, 0.05) is 24.9 Å². The number of pyridine rings is 1. The van der Waals surface area contributed by atoms with Crippen LogP contribution in [0.4, 0.5) is 5.69 Å². The van der Waals surface area contributed by atoms with Crippen molar-refractivity contribution in [3.8, 4) is 0 Å². The number of benzene rings is 1. The molecule has 0 N–H and O–H groups in total. The van der Waals surface area contributed by atoms with Gasteiger partial charge in [-0.25, -0.2) is 0 Å². The first kappa shape index (κ1) is 14.9. The molecule has 7 heteroatoms. The van der Waals surface area contributed by atoms with E-state index in [9.17, 15) is 14.9 Å². The molecule has 0 unspecified atom stereocenters. The Bertz CT molecular complexity index is 676. The quantitative estimate of drug-likeness (QED) is 0.643. The van der Waals surface area contributed by atoms with Gasteiger partial charge in [0.2, 0.25) is 0 Å². The fourth-order valence-electron chi connectivity index (χ4n) is 1.81. The molecular weight excluding hydrogens is 294 g/mol. The minimum Gasteiger partial charge on any atom is -0.336 e. The normalized spacial score (nSPS) is 10.2. The second-order valence-corrected chi connectivity index (χ2v) is 4.81. The number of nitro groups is 1.